The van der Waals surface area contributed by atoms with Crippen LogP contribution in [0.4, 0.5) is 17.1 Å². The molecule has 1 aliphatic carbocycles. The Kier molecular flexibility index (Phi) is 6.65. The maximum atomic E-state index is 13.6. The Hall–Kier alpha value is -6.58. The largest absolute Gasteiger partial charge is 0.493 e. The number of H-pyrrole nitrogens is 1. The normalized spacial score (nSPS) is 14.0. The minimum Gasteiger partial charge on any atom is -0.493 e. The zero-order chi connectivity index (χ0) is 32.1. The number of imidazole rings is 1. The van der Waals surface area contributed by atoms with E-state index in [4.69, 9.17) is 5.73 Å². The van der Waals surface area contributed by atoms with Crippen LogP contribution in [-0.4, -0.2) is 41.4 Å². The predicted molar refractivity (Wildman–Crippen MR) is 162 cm³/mol. The van der Waals surface area contributed by atoms with Gasteiger partial charge >= 0.3 is 5.76 Å². The second kappa shape index (κ2) is 10.8. The van der Waals surface area contributed by atoms with Crippen molar-refractivity contribution in [1.82, 2.24) is 35.1 Å². The standard InChI is InChI=1S/C30H23N9O7/c31-22-23(25(42)24(22)41)34-16-3-1-2-13(8-16)11-32-27(43)19-10-20(39-21(40)12-33-29(39)36-19)28(44)35-18-7-5-14-9-15(4-6-17(14)18)26-37-30(45)46-38-26/h1-4,6,8-10,12,18,34,40H,5,7,11,31H2,(H,32,43)(H,35,44)(H,37,38,45)/t18-/m0/s1. The summed E-state index contributed by atoms with van der Waals surface area (Å²) >= 11 is 0. The molecule has 16 nitrogen and oxygen atoms in total. The Balaban J connectivity index is 1.08. The van der Waals surface area contributed by atoms with Gasteiger partial charge in [-0.1, -0.05) is 29.4 Å². The average Bonchev–Trinajstić information content (AvgIpc) is 3.79. The third-order valence-electron chi connectivity index (χ3n) is 7.76. The summed E-state index contributed by atoms with van der Waals surface area (Å²) < 4.78 is 5.74. The summed E-state index contributed by atoms with van der Waals surface area (Å²) in [7, 11) is 0. The number of carbonyl (C=O) groups is 2. The number of hydrogen-bond acceptors (Lipinski definition) is 12. The molecule has 0 unspecified atom stereocenters. The van der Waals surface area contributed by atoms with E-state index in [9.17, 15) is 29.1 Å². The Labute approximate surface area is 256 Å². The van der Waals surface area contributed by atoms with Crippen molar-refractivity contribution in [3.8, 4) is 17.3 Å². The number of nitrogens with one attached hydrogen (secondary N) is 4. The summed E-state index contributed by atoms with van der Waals surface area (Å²) in [5, 5.41) is 22.7. The van der Waals surface area contributed by atoms with Crippen molar-refractivity contribution in [3.05, 3.63) is 114 Å². The third kappa shape index (κ3) is 4.92. The van der Waals surface area contributed by atoms with Crippen molar-refractivity contribution in [2.24, 2.45) is 0 Å². The SMILES string of the molecule is Nc1c(Nc2cccc(CNC(=O)c3cc(C(=O)N[C@H]4CCc5cc(-c6noc(=O)[nH]6)ccc54)n4c(O)cnc4n3)c2)c(=O)c1=O. The van der Waals surface area contributed by atoms with E-state index in [0.717, 1.165) is 21.7 Å². The van der Waals surface area contributed by atoms with E-state index in [-0.39, 0.29) is 47.0 Å². The molecule has 1 aliphatic rings. The highest BCUT2D eigenvalue weighted by Gasteiger charge is 2.27. The topological polar surface area (TPSA) is 240 Å². The molecule has 3 aromatic carbocycles. The van der Waals surface area contributed by atoms with Crippen LogP contribution in [0.2, 0.25) is 0 Å². The first-order valence-electron chi connectivity index (χ1n) is 14.0. The molecule has 46 heavy (non-hydrogen) atoms. The van der Waals surface area contributed by atoms with Crippen molar-refractivity contribution < 1.29 is 19.2 Å². The molecule has 0 bridgehead atoms. The van der Waals surface area contributed by atoms with Gasteiger partial charge in [0.2, 0.25) is 11.7 Å². The number of aromatic nitrogens is 5. The molecule has 2 amide bonds. The molecule has 3 aromatic heterocycles. The van der Waals surface area contributed by atoms with E-state index in [1.165, 1.54) is 6.07 Å². The quantitative estimate of drug-likeness (QED) is 0.131. The van der Waals surface area contributed by atoms with E-state index >= 15 is 0 Å². The lowest BCUT2D eigenvalue weighted by Crippen LogP contribution is -2.36. The maximum Gasteiger partial charge on any atom is 0.439 e. The number of anilines is 3. The Bertz CT molecular complexity index is 2330. The first-order chi connectivity index (χ1) is 22.2. The molecule has 7 N–H and O–H groups in total. The highest BCUT2D eigenvalue weighted by Crippen LogP contribution is 2.34. The minimum atomic E-state index is -0.736. The van der Waals surface area contributed by atoms with Gasteiger partial charge < -0.3 is 26.8 Å². The molecular weight excluding hydrogens is 598 g/mol. The zero-order valence-electron chi connectivity index (χ0n) is 23.7. The summed E-state index contributed by atoms with van der Waals surface area (Å²) in [5.41, 5.74) is 7.55. The van der Waals surface area contributed by atoms with E-state index in [2.05, 4.69) is 40.6 Å². The summed E-state index contributed by atoms with van der Waals surface area (Å²) in [5.74, 6) is -1.90. The van der Waals surface area contributed by atoms with Crippen LogP contribution in [0.5, 0.6) is 5.88 Å². The van der Waals surface area contributed by atoms with Crippen LogP contribution in [0.3, 0.4) is 0 Å². The number of hydrogen-bond donors (Lipinski definition) is 6. The molecule has 7 rings (SSSR count). The number of nitrogen functional groups attached to an aromatic ring is 1. The van der Waals surface area contributed by atoms with Crippen LogP contribution in [0.15, 0.2) is 73.6 Å². The fraction of sp³-hybridized carbons (Fsp3) is 0.133. The first-order valence-corrected chi connectivity index (χ1v) is 14.0. The number of fused-ring (bicyclic) bond motifs is 2. The maximum absolute atomic E-state index is 13.6. The second-order valence-electron chi connectivity index (χ2n) is 10.7. The third-order valence-corrected chi connectivity index (χ3v) is 7.76. The minimum absolute atomic E-state index is 0.0207. The number of aromatic amines is 1. The number of amides is 2. The number of rotatable bonds is 8. The molecule has 1 atom stereocenters. The summed E-state index contributed by atoms with van der Waals surface area (Å²) in [6, 6.07) is 13.2. The molecule has 0 aliphatic heterocycles. The molecular formula is C30H23N9O7. The van der Waals surface area contributed by atoms with Crippen molar-refractivity contribution in [2.75, 3.05) is 11.1 Å². The summed E-state index contributed by atoms with van der Waals surface area (Å²) in [6.45, 7) is 0.0624. The lowest BCUT2D eigenvalue weighted by Gasteiger charge is -2.16. The summed E-state index contributed by atoms with van der Waals surface area (Å²) in [4.78, 5) is 72.0. The molecule has 0 spiro atoms. The Morgan fingerprint density at radius 1 is 1.09 bits per heavy atom. The van der Waals surface area contributed by atoms with Crippen LogP contribution in [-0.2, 0) is 13.0 Å². The van der Waals surface area contributed by atoms with Gasteiger partial charge in [-0.3, -0.25) is 28.7 Å². The van der Waals surface area contributed by atoms with Gasteiger partial charge in [-0.25, -0.2) is 19.2 Å². The molecule has 3 heterocycles. The van der Waals surface area contributed by atoms with Gasteiger partial charge in [0.05, 0.1) is 12.2 Å². The average molecular weight is 622 g/mol. The number of nitrogens with two attached hydrogens (primary N) is 1. The number of nitrogens with zero attached hydrogens (tertiary/aromatic N) is 4. The molecule has 0 radical (unpaired) electrons. The zero-order valence-corrected chi connectivity index (χ0v) is 23.7. The van der Waals surface area contributed by atoms with Gasteiger partial charge in [-0.2, -0.15) is 0 Å². The number of aromatic hydroxyl groups is 1. The van der Waals surface area contributed by atoms with Gasteiger partial charge in [0.15, 0.2) is 5.82 Å². The van der Waals surface area contributed by atoms with Crippen LogP contribution < -0.4 is 38.3 Å². The molecule has 0 saturated carbocycles. The molecule has 16 heteroatoms. The Morgan fingerprint density at radius 2 is 1.93 bits per heavy atom. The van der Waals surface area contributed by atoms with E-state index in [0.29, 0.717) is 35.5 Å². The van der Waals surface area contributed by atoms with Crippen molar-refractivity contribution in [1.29, 1.82) is 0 Å². The fourth-order valence-electron chi connectivity index (χ4n) is 5.47. The molecule has 0 saturated heterocycles. The number of aryl methyl sites for hydroxylation is 1. The molecule has 0 fully saturated rings. The fourth-order valence-corrected chi connectivity index (χ4v) is 5.47. The van der Waals surface area contributed by atoms with Crippen LogP contribution >= 0.6 is 0 Å². The van der Waals surface area contributed by atoms with Gasteiger partial charge in [0.1, 0.15) is 22.8 Å². The van der Waals surface area contributed by atoms with E-state index in [1.54, 1.807) is 30.3 Å². The smallest absolute Gasteiger partial charge is 0.439 e. The Morgan fingerprint density at radius 3 is 2.72 bits per heavy atom. The van der Waals surface area contributed by atoms with Gasteiger partial charge in [0.25, 0.3) is 22.7 Å². The lowest BCUT2D eigenvalue weighted by atomic mass is 10.0. The first kappa shape index (κ1) is 28.2. The monoisotopic (exact) mass is 621 g/mol. The van der Waals surface area contributed by atoms with Gasteiger partial charge in [-0.05, 0) is 53.8 Å². The van der Waals surface area contributed by atoms with Crippen LogP contribution in [0.25, 0.3) is 17.2 Å². The van der Waals surface area contributed by atoms with Crippen LogP contribution in [0, 0.1) is 0 Å². The van der Waals surface area contributed by atoms with Gasteiger partial charge in [0, 0.05) is 17.8 Å². The molecule has 6 aromatic rings. The molecule has 230 valence electrons. The van der Waals surface area contributed by atoms with E-state index in [1.807, 2.05) is 12.1 Å². The summed E-state index contributed by atoms with van der Waals surface area (Å²) in [6.07, 6.45) is 2.38. The van der Waals surface area contributed by atoms with E-state index < -0.39 is 28.4 Å². The number of benzene rings is 2. The second-order valence-corrected chi connectivity index (χ2v) is 10.7. The van der Waals surface area contributed by atoms with Crippen molar-refractivity contribution in [3.63, 3.8) is 0 Å². The highest BCUT2D eigenvalue weighted by atomic mass is 16.5. The van der Waals surface area contributed by atoms with Crippen molar-refractivity contribution >= 4 is 34.7 Å². The predicted octanol–water partition coefficient (Wildman–Crippen LogP) is 1.05. The lowest BCUT2D eigenvalue weighted by molar-refractivity contribution is 0.0929. The highest BCUT2D eigenvalue weighted by molar-refractivity contribution is 5.98. The van der Waals surface area contributed by atoms with Crippen molar-refractivity contribution in [2.45, 2.75) is 25.4 Å². The number of carbonyl (C=O) groups excluding carboxylic acids is 2. The van der Waals surface area contributed by atoms with Gasteiger partial charge in [-0.15, -0.1) is 0 Å². The van der Waals surface area contributed by atoms with Crippen LogP contribution in [0.1, 0.15) is 50.1 Å².